The van der Waals surface area contributed by atoms with Gasteiger partial charge in [0, 0.05) is 30.1 Å². The van der Waals surface area contributed by atoms with Gasteiger partial charge in [0.25, 0.3) is 0 Å². The lowest BCUT2D eigenvalue weighted by Gasteiger charge is -2.13. The molecule has 0 saturated carbocycles. The number of rotatable bonds is 9. The third-order valence-corrected chi connectivity index (χ3v) is 4.23. The molecule has 146 valence electrons. The number of nitrogens with zero attached hydrogens (tertiary/aromatic N) is 1. The highest BCUT2D eigenvalue weighted by atomic mass is 16.5. The van der Waals surface area contributed by atoms with Crippen LogP contribution in [0, 0.1) is 0 Å². The summed E-state index contributed by atoms with van der Waals surface area (Å²) in [6.45, 7) is 4.80. The molecular formula is C23H26N2O3. The van der Waals surface area contributed by atoms with Crippen molar-refractivity contribution in [2.75, 3.05) is 6.61 Å². The predicted octanol–water partition coefficient (Wildman–Crippen LogP) is 4.50. The van der Waals surface area contributed by atoms with Crippen molar-refractivity contribution >= 4 is 16.7 Å². The van der Waals surface area contributed by atoms with Crippen molar-refractivity contribution in [1.82, 2.24) is 10.3 Å². The second-order valence-corrected chi connectivity index (χ2v) is 6.84. The van der Waals surface area contributed by atoms with Crippen molar-refractivity contribution in [3.63, 3.8) is 0 Å². The highest BCUT2D eigenvalue weighted by Crippen LogP contribution is 2.25. The van der Waals surface area contributed by atoms with E-state index in [9.17, 15) is 4.79 Å². The van der Waals surface area contributed by atoms with E-state index in [2.05, 4.69) is 22.4 Å². The zero-order valence-electron chi connectivity index (χ0n) is 16.4. The minimum absolute atomic E-state index is 0.0131. The Balaban J connectivity index is 1.44. The summed E-state index contributed by atoms with van der Waals surface area (Å²) in [7, 11) is 0. The van der Waals surface area contributed by atoms with Crippen molar-refractivity contribution in [3.8, 4) is 11.6 Å². The summed E-state index contributed by atoms with van der Waals surface area (Å²) in [5, 5.41) is 5.16. The summed E-state index contributed by atoms with van der Waals surface area (Å²) in [5.41, 5.74) is 0.872. The third-order valence-electron chi connectivity index (χ3n) is 4.23. The molecule has 28 heavy (non-hydrogen) atoms. The molecule has 0 saturated heterocycles. The van der Waals surface area contributed by atoms with Gasteiger partial charge in [0.05, 0.1) is 12.7 Å². The van der Waals surface area contributed by atoms with Crippen LogP contribution in [0.25, 0.3) is 10.8 Å². The van der Waals surface area contributed by atoms with Crippen molar-refractivity contribution in [1.29, 1.82) is 0 Å². The largest absolute Gasteiger partial charge is 0.493 e. The van der Waals surface area contributed by atoms with Crippen LogP contribution in [-0.2, 0) is 11.3 Å². The van der Waals surface area contributed by atoms with Crippen LogP contribution in [0.3, 0.4) is 0 Å². The van der Waals surface area contributed by atoms with Gasteiger partial charge in [-0.05, 0) is 37.8 Å². The Morgan fingerprint density at radius 1 is 1.07 bits per heavy atom. The number of benzene rings is 2. The molecule has 3 rings (SSSR count). The number of nitrogens with one attached hydrogen (secondary N) is 1. The van der Waals surface area contributed by atoms with Crippen molar-refractivity contribution in [2.45, 2.75) is 39.3 Å². The standard InChI is InChI=1S/C23H26N2O3/c1-17(2)28-23-19(10-6-14-24-23)16-25-22(26)13-7-15-27-21-12-5-9-18-8-3-4-11-20(18)21/h3-6,8-12,14,17H,7,13,15-16H2,1-2H3,(H,25,26). The van der Waals surface area contributed by atoms with Crippen molar-refractivity contribution < 1.29 is 14.3 Å². The Morgan fingerprint density at radius 3 is 2.75 bits per heavy atom. The van der Waals surface area contributed by atoms with Gasteiger partial charge < -0.3 is 14.8 Å². The molecule has 0 aliphatic heterocycles. The van der Waals surface area contributed by atoms with E-state index in [1.54, 1.807) is 6.20 Å². The molecule has 1 heterocycles. The van der Waals surface area contributed by atoms with E-state index in [-0.39, 0.29) is 12.0 Å². The molecule has 5 nitrogen and oxygen atoms in total. The van der Waals surface area contributed by atoms with Crippen molar-refractivity contribution in [3.05, 3.63) is 66.4 Å². The number of fused-ring (bicyclic) bond motifs is 1. The van der Waals surface area contributed by atoms with Gasteiger partial charge in [-0.1, -0.05) is 42.5 Å². The Bertz CT molecular complexity index is 919. The molecule has 5 heteroatoms. The first-order valence-electron chi connectivity index (χ1n) is 9.61. The zero-order valence-corrected chi connectivity index (χ0v) is 16.4. The Morgan fingerprint density at radius 2 is 1.89 bits per heavy atom. The topological polar surface area (TPSA) is 60.5 Å². The molecule has 1 aromatic heterocycles. The number of ether oxygens (including phenoxy) is 2. The molecule has 1 amide bonds. The van der Waals surface area contributed by atoms with E-state index < -0.39 is 0 Å². The van der Waals surface area contributed by atoms with Crippen LogP contribution in [0.2, 0.25) is 0 Å². The lowest BCUT2D eigenvalue weighted by molar-refractivity contribution is -0.121. The zero-order chi connectivity index (χ0) is 19.8. The maximum absolute atomic E-state index is 12.1. The molecule has 0 aliphatic carbocycles. The Hall–Kier alpha value is -3.08. The Labute approximate surface area is 165 Å². The summed E-state index contributed by atoms with van der Waals surface area (Å²) < 4.78 is 11.6. The third kappa shape index (κ3) is 5.46. The molecule has 0 spiro atoms. The minimum Gasteiger partial charge on any atom is -0.493 e. The monoisotopic (exact) mass is 378 g/mol. The van der Waals surface area contributed by atoms with Crippen LogP contribution in [-0.4, -0.2) is 23.6 Å². The van der Waals surface area contributed by atoms with E-state index in [0.717, 1.165) is 22.1 Å². The highest BCUT2D eigenvalue weighted by Gasteiger charge is 2.09. The van der Waals surface area contributed by atoms with E-state index in [4.69, 9.17) is 9.47 Å². The van der Waals surface area contributed by atoms with Crippen LogP contribution >= 0.6 is 0 Å². The molecule has 1 N–H and O–H groups in total. The van der Waals surface area contributed by atoms with Gasteiger partial charge >= 0.3 is 0 Å². The SMILES string of the molecule is CC(C)Oc1ncccc1CNC(=O)CCCOc1cccc2ccccc12. The van der Waals surface area contributed by atoms with Crippen LogP contribution in [0.15, 0.2) is 60.8 Å². The van der Waals surface area contributed by atoms with Gasteiger partial charge in [-0.3, -0.25) is 4.79 Å². The highest BCUT2D eigenvalue weighted by molar-refractivity contribution is 5.88. The number of hydrogen-bond acceptors (Lipinski definition) is 4. The number of carbonyl (C=O) groups excluding carboxylic acids is 1. The average Bonchev–Trinajstić information content (AvgIpc) is 2.70. The van der Waals surface area contributed by atoms with Gasteiger partial charge in [-0.15, -0.1) is 0 Å². The van der Waals surface area contributed by atoms with Crippen LogP contribution in [0.4, 0.5) is 0 Å². The summed E-state index contributed by atoms with van der Waals surface area (Å²) in [6, 6.07) is 17.9. The van der Waals surface area contributed by atoms with Crippen LogP contribution in [0.5, 0.6) is 11.6 Å². The quantitative estimate of drug-likeness (QED) is 0.557. The number of aromatic nitrogens is 1. The Kier molecular flexibility index (Phi) is 6.84. The number of pyridine rings is 1. The fourth-order valence-corrected chi connectivity index (χ4v) is 2.91. The fourth-order valence-electron chi connectivity index (χ4n) is 2.91. The number of carbonyl (C=O) groups is 1. The van der Waals surface area contributed by atoms with Gasteiger partial charge in [0.2, 0.25) is 11.8 Å². The molecule has 0 fully saturated rings. The van der Waals surface area contributed by atoms with Gasteiger partial charge in [-0.2, -0.15) is 0 Å². The first-order chi connectivity index (χ1) is 13.6. The van der Waals surface area contributed by atoms with Gasteiger partial charge in [0.15, 0.2) is 0 Å². The first kappa shape index (κ1) is 19.7. The van der Waals surface area contributed by atoms with E-state index in [1.807, 2.05) is 56.3 Å². The summed E-state index contributed by atoms with van der Waals surface area (Å²) >= 11 is 0. The molecule has 0 bridgehead atoms. The van der Waals surface area contributed by atoms with Gasteiger partial charge in [0.1, 0.15) is 5.75 Å². The average molecular weight is 378 g/mol. The summed E-state index contributed by atoms with van der Waals surface area (Å²) in [5.74, 6) is 1.40. The van der Waals surface area contributed by atoms with Crippen LogP contribution in [0.1, 0.15) is 32.3 Å². The van der Waals surface area contributed by atoms with Crippen molar-refractivity contribution in [2.24, 2.45) is 0 Å². The molecular weight excluding hydrogens is 352 g/mol. The van der Waals surface area contributed by atoms with E-state index in [1.165, 1.54) is 0 Å². The second-order valence-electron chi connectivity index (χ2n) is 6.84. The maximum Gasteiger partial charge on any atom is 0.220 e. The molecule has 3 aromatic rings. The first-order valence-corrected chi connectivity index (χ1v) is 9.61. The number of hydrogen-bond donors (Lipinski definition) is 1. The summed E-state index contributed by atoms with van der Waals surface area (Å²) in [6.07, 6.45) is 2.78. The normalized spacial score (nSPS) is 10.8. The minimum atomic E-state index is -0.0131. The predicted molar refractivity (Wildman–Crippen MR) is 111 cm³/mol. The smallest absolute Gasteiger partial charge is 0.220 e. The molecule has 0 unspecified atom stereocenters. The van der Waals surface area contributed by atoms with Gasteiger partial charge in [-0.25, -0.2) is 4.98 Å². The molecule has 0 atom stereocenters. The molecule has 2 aromatic carbocycles. The molecule has 0 aliphatic rings. The van der Waals surface area contributed by atoms with Crippen LogP contribution < -0.4 is 14.8 Å². The lowest BCUT2D eigenvalue weighted by Crippen LogP contribution is -2.23. The second kappa shape index (κ2) is 9.74. The number of amides is 1. The molecule has 0 radical (unpaired) electrons. The van der Waals surface area contributed by atoms with E-state index in [0.29, 0.717) is 31.9 Å². The lowest BCUT2D eigenvalue weighted by atomic mass is 10.1. The fraction of sp³-hybridized carbons (Fsp3) is 0.304. The van der Waals surface area contributed by atoms with E-state index >= 15 is 0 Å². The summed E-state index contributed by atoms with van der Waals surface area (Å²) in [4.78, 5) is 16.4. The maximum atomic E-state index is 12.1.